The second-order valence-electron chi connectivity index (χ2n) is 13.8. The summed E-state index contributed by atoms with van der Waals surface area (Å²) in [5, 5.41) is 0. The molecule has 2 N–H and O–H groups in total. The van der Waals surface area contributed by atoms with Crippen LogP contribution in [0, 0.1) is 57.7 Å². The van der Waals surface area contributed by atoms with Crippen LogP contribution in [0.15, 0.2) is 0 Å². The molecule has 0 bridgehead atoms. The fourth-order valence-electron chi connectivity index (χ4n) is 9.71. The Hall–Kier alpha value is -0.0400. The van der Waals surface area contributed by atoms with Gasteiger partial charge in [-0.15, -0.1) is 0 Å². The third kappa shape index (κ3) is 3.43. The van der Waals surface area contributed by atoms with E-state index in [0.717, 1.165) is 41.4 Å². The van der Waals surface area contributed by atoms with Crippen LogP contribution in [0.4, 0.5) is 0 Å². The van der Waals surface area contributed by atoms with E-state index in [0.29, 0.717) is 22.3 Å². The van der Waals surface area contributed by atoms with E-state index in [1.165, 1.54) is 70.6 Å². The molecule has 0 radical (unpaired) electrons. The minimum absolute atomic E-state index is 0.474. The van der Waals surface area contributed by atoms with E-state index in [1.54, 1.807) is 0 Å². The summed E-state index contributed by atoms with van der Waals surface area (Å²) in [5.41, 5.74) is 8.15. The van der Waals surface area contributed by atoms with Gasteiger partial charge in [-0.05, 0) is 115 Å². The molecule has 4 aliphatic carbocycles. The molecule has 0 aromatic heterocycles. The minimum Gasteiger partial charge on any atom is -0.328 e. The normalized spacial score (nSPS) is 50.5. The van der Waals surface area contributed by atoms with Crippen molar-refractivity contribution < 1.29 is 0 Å². The lowest BCUT2D eigenvalue weighted by atomic mass is 9.38. The first-order valence-corrected chi connectivity index (χ1v) is 13.8. The van der Waals surface area contributed by atoms with Gasteiger partial charge in [-0.25, -0.2) is 0 Å². The molecule has 30 heavy (non-hydrogen) atoms. The summed E-state index contributed by atoms with van der Waals surface area (Å²) in [4.78, 5) is 0. The average Bonchev–Trinajstić information content (AvgIpc) is 3.04. The summed E-state index contributed by atoms with van der Waals surface area (Å²) in [6.45, 7) is 18.1. The average molecular weight is 416 g/mol. The molecule has 4 aliphatic rings. The number of hydrogen-bond acceptors (Lipinski definition) is 1. The molecule has 4 rings (SSSR count). The van der Waals surface area contributed by atoms with Crippen molar-refractivity contribution in [3.05, 3.63) is 0 Å². The summed E-state index contributed by atoms with van der Waals surface area (Å²) in [6.07, 6.45) is 15.8. The second-order valence-corrected chi connectivity index (χ2v) is 13.8. The predicted octanol–water partition coefficient (Wildman–Crippen LogP) is 8.07. The van der Waals surface area contributed by atoms with Crippen molar-refractivity contribution in [2.45, 2.75) is 125 Å². The highest BCUT2D eigenvalue weighted by molar-refractivity contribution is 5.14. The fraction of sp³-hybridized carbons (Fsp3) is 1.00. The van der Waals surface area contributed by atoms with E-state index >= 15 is 0 Å². The van der Waals surface area contributed by atoms with Crippen LogP contribution in [0.3, 0.4) is 0 Å². The van der Waals surface area contributed by atoms with E-state index in [9.17, 15) is 0 Å². The molecular formula is C29H53N. The molecule has 10 unspecified atom stereocenters. The van der Waals surface area contributed by atoms with E-state index in [4.69, 9.17) is 5.73 Å². The zero-order valence-electron chi connectivity index (χ0n) is 21.5. The molecule has 1 nitrogen and oxygen atoms in total. The zero-order valence-corrected chi connectivity index (χ0v) is 21.5. The van der Waals surface area contributed by atoms with E-state index in [-0.39, 0.29) is 0 Å². The monoisotopic (exact) mass is 415 g/mol. The standard InChI is InChI=1S/C29H53N/c1-19(2)20(3)8-9-21(4)24-12-13-25-26-11-10-22-18-23(30)14-15-28(22,6)29(26,7)17-16-27(24,25)5/h19-26H,8-18,30H2,1-7H3. The minimum atomic E-state index is 0.474. The molecule has 10 atom stereocenters. The summed E-state index contributed by atoms with van der Waals surface area (Å²) in [6, 6.07) is 0.474. The van der Waals surface area contributed by atoms with Gasteiger partial charge >= 0.3 is 0 Å². The summed E-state index contributed by atoms with van der Waals surface area (Å²) < 4.78 is 0. The lowest BCUT2D eigenvalue weighted by Crippen LogP contribution is -2.60. The Labute approximate surface area is 188 Å². The molecule has 4 fully saturated rings. The Balaban J connectivity index is 1.51. The van der Waals surface area contributed by atoms with Gasteiger partial charge in [0.05, 0.1) is 0 Å². The van der Waals surface area contributed by atoms with Crippen molar-refractivity contribution in [1.82, 2.24) is 0 Å². The molecule has 0 saturated heterocycles. The summed E-state index contributed by atoms with van der Waals surface area (Å²) in [7, 11) is 0. The lowest BCUT2D eigenvalue weighted by molar-refractivity contribution is -0.177. The van der Waals surface area contributed by atoms with Crippen molar-refractivity contribution in [1.29, 1.82) is 0 Å². The highest BCUT2D eigenvalue weighted by atomic mass is 14.7. The van der Waals surface area contributed by atoms with Gasteiger partial charge in [-0.3, -0.25) is 0 Å². The van der Waals surface area contributed by atoms with Crippen molar-refractivity contribution in [2.24, 2.45) is 63.4 Å². The molecule has 0 heterocycles. The van der Waals surface area contributed by atoms with E-state index < -0.39 is 0 Å². The Morgan fingerprint density at radius 2 is 1.47 bits per heavy atom. The van der Waals surface area contributed by atoms with Crippen LogP contribution < -0.4 is 5.73 Å². The Kier molecular flexibility index (Phi) is 6.22. The van der Waals surface area contributed by atoms with Gasteiger partial charge in [0.15, 0.2) is 0 Å². The molecule has 0 amide bonds. The topological polar surface area (TPSA) is 26.0 Å². The highest BCUT2D eigenvalue weighted by Crippen LogP contribution is 2.73. The predicted molar refractivity (Wildman–Crippen MR) is 130 cm³/mol. The number of hydrogen-bond donors (Lipinski definition) is 1. The molecule has 4 saturated carbocycles. The highest BCUT2D eigenvalue weighted by Gasteiger charge is 2.65. The molecule has 0 aromatic rings. The van der Waals surface area contributed by atoms with Crippen LogP contribution in [-0.4, -0.2) is 6.04 Å². The van der Waals surface area contributed by atoms with Gasteiger partial charge in [0.25, 0.3) is 0 Å². The second kappa shape index (κ2) is 8.07. The molecular weight excluding hydrogens is 362 g/mol. The molecule has 0 aliphatic heterocycles. The molecule has 0 spiro atoms. The third-order valence-electron chi connectivity index (χ3n) is 12.5. The number of nitrogens with two attached hydrogens (primary N) is 1. The SMILES string of the molecule is CC(C)C(C)CCC(C)C1CCC2C3CCC4CC(N)CCC4(C)C3(C)CCC12C. The summed E-state index contributed by atoms with van der Waals surface area (Å²) >= 11 is 0. The number of fused-ring (bicyclic) bond motifs is 5. The Morgan fingerprint density at radius 3 is 2.17 bits per heavy atom. The van der Waals surface area contributed by atoms with Crippen molar-refractivity contribution in [3.63, 3.8) is 0 Å². The largest absolute Gasteiger partial charge is 0.328 e. The smallest absolute Gasteiger partial charge is 0.00418 e. The maximum Gasteiger partial charge on any atom is 0.00418 e. The van der Waals surface area contributed by atoms with Gasteiger partial charge in [0.2, 0.25) is 0 Å². The summed E-state index contributed by atoms with van der Waals surface area (Å²) in [5.74, 6) is 6.43. The molecule has 1 heteroatoms. The van der Waals surface area contributed by atoms with Gasteiger partial charge in [0.1, 0.15) is 0 Å². The maximum absolute atomic E-state index is 6.44. The quantitative estimate of drug-likeness (QED) is 0.482. The first-order chi connectivity index (χ1) is 14.0. The zero-order chi connectivity index (χ0) is 21.9. The van der Waals surface area contributed by atoms with Gasteiger partial charge in [-0.2, -0.15) is 0 Å². The van der Waals surface area contributed by atoms with Crippen molar-refractivity contribution in [3.8, 4) is 0 Å². The third-order valence-corrected chi connectivity index (χ3v) is 12.5. The Bertz CT molecular complexity index is 611. The van der Waals surface area contributed by atoms with Crippen LogP contribution in [0.5, 0.6) is 0 Å². The van der Waals surface area contributed by atoms with Gasteiger partial charge < -0.3 is 5.73 Å². The maximum atomic E-state index is 6.44. The van der Waals surface area contributed by atoms with Gasteiger partial charge in [-0.1, -0.05) is 61.3 Å². The lowest BCUT2D eigenvalue weighted by Gasteiger charge is -2.67. The van der Waals surface area contributed by atoms with Crippen LogP contribution in [-0.2, 0) is 0 Å². The van der Waals surface area contributed by atoms with Crippen LogP contribution >= 0.6 is 0 Å². The molecule has 174 valence electrons. The van der Waals surface area contributed by atoms with Crippen LogP contribution in [0.1, 0.15) is 119 Å². The van der Waals surface area contributed by atoms with Crippen molar-refractivity contribution in [2.75, 3.05) is 0 Å². The first-order valence-electron chi connectivity index (χ1n) is 13.8. The number of rotatable bonds is 5. The Morgan fingerprint density at radius 1 is 0.767 bits per heavy atom. The molecule has 0 aromatic carbocycles. The van der Waals surface area contributed by atoms with E-state index in [1.807, 2.05) is 0 Å². The van der Waals surface area contributed by atoms with Gasteiger partial charge in [0, 0.05) is 6.04 Å². The first kappa shape index (κ1) is 23.1. The van der Waals surface area contributed by atoms with Crippen LogP contribution in [0.2, 0.25) is 0 Å². The van der Waals surface area contributed by atoms with E-state index in [2.05, 4.69) is 48.5 Å². The fourth-order valence-corrected chi connectivity index (χ4v) is 9.71. The van der Waals surface area contributed by atoms with Crippen molar-refractivity contribution >= 4 is 0 Å². The van der Waals surface area contributed by atoms with Crippen LogP contribution in [0.25, 0.3) is 0 Å².